The predicted molar refractivity (Wildman–Crippen MR) is 68.5 cm³/mol. The van der Waals surface area contributed by atoms with Crippen LogP contribution in [0.2, 0.25) is 0 Å². The van der Waals surface area contributed by atoms with E-state index in [2.05, 4.69) is 0 Å². The summed E-state index contributed by atoms with van der Waals surface area (Å²) in [4.78, 5) is 9.83. The molecule has 23 heavy (non-hydrogen) atoms. The van der Waals surface area contributed by atoms with E-state index in [-0.39, 0.29) is 5.56 Å². The van der Waals surface area contributed by atoms with E-state index in [1.165, 1.54) is 0 Å². The van der Waals surface area contributed by atoms with Crippen molar-refractivity contribution in [1.29, 1.82) is 0 Å². The number of non-ortho nitro benzene ring substituents is 1. The fourth-order valence-corrected chi connectivity index (χ4v) is 1.97. The van der Waals surface area contributed by atoms with E-state index < -0.39 is 39.7 Å². The van der Waals surface area contributed by atoms with Crippen LogP contribution in [0, 0.1) is 10.1 Å². The van der Waals surface area contributed by atoms with Crippen molar-refractivity contribution >= 4 is 5.69 Å². The number of nitro benzene ring substituents is 1. The van der Waals surface area contributed by atoms with E-state index >= 15 is 0 Å². The molecule has 0 N–H and O–H groups in total. The second kappa shape index (κ2) is 5.56. The lowest BCUT2D eigenvalue weighted by Gasteiger charge is -2.13. The van der Waals surface area contributed by atoms with Gasteiger partial charge in [0, 0.05) is 17.7 Å². The van der Waals surface area contributed by atoms with E-state index in [1.54, 1.807) is 0 Å². The summed E-state index contributed by atoms with van der Waals surface area (Å²) in [6, 6.07) is 4.84. The van der Waals surface area contributed by atoms with Crippen molar-refractivity contribution in [3.63, 3.8) is 0 Å². The molecule has 0 aliphatic heterocycles. The fourth-order valence-electron chi connectivity index (χ4n) is 1.97. The Hall–Kier alpha value is -2.58. The summed E-state index contributed by atoms with van der Waals surface area (Å²) in [5.41, 5.74) is -3.54. The summed E-state index contributed by atoms with van der Waals surface area (Å²) < 4.78 is 76.4. The van der Waals surface area contributed by atoms with Crippen molar-refractivity contribution in [2.75, 3.05) is 0 Å². The van der Waals surface area contributed by atoms with Crippen molar-refractivity contribution < 1.29 is 31.3 Å². The predicted octanol–water partition coefficient (Wildman–Crippen LogP) is 5.30. The maximum Gasteiger partial charge on any atom is 0.417 e. The molecule has 0 aliphatic rings. The quantitative estimate of drug-likeness (QED) is 0.425. The largest absolute Gasteiger partial charge is 0.417 e. The molecule has 0 radical (unpaired) electrons. The van der Waals surface area contributed by atoms with E-state index in [4.69, 9.17) is 0 Å². The lowest BCUT2D eigenvalue weighted by Crippen LogP contribution is -2.08. The molecule has 122 valence electrons. The molecular weight excluding hydrogens is 328 g/mol. The summed E-state index contributed by atoms with van der Waals surface area (Å²) in [7, 11) is 0. The Morgan fingerprint density at radius 1 is 0.826 bits per heavy atom. The first kappa shape index (κ1) is 16.8. The molecule has 2 aromatic carbocycles. The highest BCUT2D eigenvalue weighted by atomic mass is 19.4. The Balaban J connectivity index is 2.60. The van der Waals surface area contributed by atoms with Gasteiger partial charge in [0.1, 0.15) is 0 Å². The minimum absolute atomic E-state index is 0.200. The third-order valence-electron chi connectivity index (χ3n) is 3.04. The van der Waals surface area contributed by atoms with Gasteiger partial charge in [-0.05, 0) is 23.8 Å². The molecule has 2 aromatic rings. The third kappa shape index (κ3) is 3.61. The first-order valence-electron chi connectivity index (χ1n) is 6.03. The van der Waals surface area contributed by atoms with E-state index in [0.29, 0.717) is 30.3 Å². The van der Waals surface area contributed by atoms with Crippen molar-refractivity contribution in [1.82, 2.24) is 0 Å². The van der Waals surface area contributed by atoms with Crippen molar-refractivity contribution in [2.45, 2.75) is 12.4 Å². The zero-order valence-electron chi connectivity index (χ0n) is 11.1. The number of rotatable bonds is 2. The highest BCUT2D eigenvalue weighted by molar-refractivity contribution is 5.71. The third-order valence-corrected chi connectivity index (χ3v) is 3.04. The molecule has 0 unspecified atom stereocenters. The first-order valence-corrected chi connectivity index (χ1v) is 6.03. The minimum Gasteiger partial charge on any atom is -0.258 e. The maximum absolute atomic E-state index is 13.0. The van der Waals surface area contributed by atoms with Crippen molar-refractivity contribution in [2.24, 2.45) is 0 Å². The number of hydrogen-bond acceptors (Lipinski definition) is 2. The van der Waals surface area contributed by atoms with Crippen LogP contribution >= 0.6 is 0 Å². The van der Waals surface area contributed by atoms with Gasteiger partial charge >= 0.3 is 12.4 Å². The SMILES string of the molecule is O=[N+]([O-])c1ccc(C(F)(F)F)c(-c2ccc(C(F)(F)F)cc2)c1. The van der Waals surface area contributed by atoms with Crippen LogP contribution in [0.4, 0.5) is 32.0 Å². The Kier molecular flexibility index (Phi) is 4.06. The summed E-state index contributed by atoms with van der Waals surface area (Å²) in [6.07, 6.45) is -9.43. The number of nitrogens with zero attached hydrogens (tertiary/aromatic N) is 1. The van der Waals surface area contributed by atoms with Crippen molar-refractivity contribution in [3.05, 3.63) is 63.7 Å². The van der Waals surface area contributed by atoms with Crippen LogP contribution in [0.25, 0.3) is 11.1 Å². The highest BCUT2D eigenvalue weighted by Gasteiger charge is 2.35. The van der Waals surface area contributed by atoms with Crippen LogP contribution in [0.5, 0.6) is 0 Å². The fraction of sp³-hybridized carbons (Fsp3) is 0.143. The summed E-state index contributed by atoms with van der Waals surface area (Å²) in [6.45, 7) is 0. The summed E-state index contributed by atoms with van der Waals surface area (Å²) >= 11 is 0. The molecule has 0 amide bonds. The Morgan fingerprint density at radius 2 is 1.39 bits per heavy atom. The average molecular weight is 335 g/mol. The summed E-state index contributed by atoms with van der Waals surface area (Å²) in [5.74, 6) is 0. The van der Waals surface area contributed by atoms with Gasteiger partial charge in [-0.15, -0.1) is 0 Å². The lowest BCUT2D eigenvalue weighted by atomic mass is 9.97. The maximum atomic E-state index is 13.0. The van der Waals surface area contributed by atoms with Gasteiger partial charge in [-0.2, -0.15) is 26.3 Å². The van der Waals surface area contributed by atoms with Gasteiger partial charge in [0.15, 0.2) is 0 Å². The smallest absolute Gasteiger partial charge is 0.258 e. The average Bonchev–Trinajstić information content (AvgIpc) is 2.45. The highest BCUT2D eigenvalue weighted by Crippen LogP contribution is 2.39. The molecule has 3 nitrogen and oxygen atoms in total. The molecular formula is C14H7F6NO2. The molecule has 0 fully saturated rings. The van der Waals surface area contributed by atoms with Crippen LogP contribution in [0.1, 0.15) is 11.1 Å². The molecule has 0 heterocycles. The normalized spacial score (nSPS) is 12.3. The van der Waals surface area contributed by atoms with Gasteiger partial charge in [0.25, 0.3) is 5.69 Å². The monoisotopic (exact) mass is 335 g/mol. The van der Waals surface area contributed by atoms with Crippen LogP contribution in [-0.2, 0) is 12.4 Å². The van der Waals surface area contributed by atoms with E-state index in [1.807, 2.05) is 0 Å². The minimum atomic E-state index is -4.80. The zero-order chi connectivity index (χ0) is 17.4. The van der Waals surface area contributed by atoms with Crippen LogP contribution in [0.3, 0.4) is 0 Å². The molecule has 9 heteroatoms. The molecule has 0 spiro atoms. The molecule has 2 rings (SSSR count). The number of benzene rings is 2. The van der Waals surface area contributed by atoms with Gasteiger partial charge in [-0.25, -0.2) is 0 Å². The second-order valence-corrected chi connectivity index (χ2v) is 4.56. The molecule has 0 aliphatic carbocycles. The standard InChI is InChI=1S/C14H7F6NO2/c15-13(16,17)9-3-1-8(2-4-9)11-7-10(21(22)23)5-6-12(11)14(18,19)20/h1-7H. The van der Waals surface area contributed by atoms with Crippen molar-refractivity contribution in [3.8, 4) is 11.1 Å². The van der Waals surface area contributed by atoms with Crippen LogP contribution in [0.15, 0.2) is 42.5 Å². The topological polar surface area (TPSA) is 43.1 Å². The summed E-state index contributed by atoms with van der Waals surface area (Å²) in [5, 5.41) is 10.7. The Morgan fingerprint density at radius 3 is 1.83 bits per heavy atom. The van der Waals surface area contributed by atoms with E-state index in [9.17, 15) is 36.5 Å². The number of nitro groups is 1. The Bertz CT molecular complexity index is 734. The van der Waals surface area contributed by atoms with Gasteiger partial charge in [-0.3, -0.25) is 10.1 Å². The van der Waals surface area contributed by atoms with Gasteiger partial charge < -0.3 is 0 Å². The van der Waals surface area contributed by atoms with Crippen LogP contribution < -0.4 is 0 Å². The number of halogens is 6. The van der Waals surface area contributed by atoms with Gasteiger partial charge in [0.2, 0.25) is 0 Å². The molecule has 0 aromatic heterocycles. The lowest BCUT2D eigenvalue weighted by molar-refractivity contribution is -0.384. The molecule has 0 bridgehead atoms. The molecule has 0 atom stereocenters. The Labute approximate surface area is 125 Å². The number of hydrogen-bond donors (Lipinski definition) is 0. The second-order valence-electron chi connectivity index (χ2n) is 4.56. The molecule has 0 saturated carbocycles. The van der Waals surface area contributed by atoms with Gasteiger partial charge in [0.05, 0.1) is 16.1 Å². The number of alkyl halides is 6. The first-order chi connectivity index (χ1) is 10.5. The van der Waals surface area contributed by atoms with E-state index in [0.717, 1.165) is 12.1 Å². The van der Waals surface area contributed by atoms with Crippen LogP contribution in [-0.4, -0.2) is 4.92 Å². The zero-order valence-corrected chi connectivity index (χ0v) is 11.1. The molecule has 0 saturated heterocycles. The van der Waals surface area contributed by atoms with Gasteiger partial charge in [-0.1, -0.05) is 12.1 Å².